The summed E-state index contributed by atoms with van der Waals surface area (Å²) in [5.41, 5.74) is 0. The summed E-state index contributed by atoms with van der Waals surface area (Å²) in [7, 11) is 3.31. The largest absolute Gasteiger partial charge is 1.00 e. The standard InChI is InChI=1S/C3H10O3P.Cu.HI/c1-4-7(5-2)6-3;;/h7H,1-3H3;;1H/q2*+1;/p-1. The van der Waals surface area contributed by atoms with Crippen molar-refractivity contribution in [3.05, 3.63) is 0 Å². The third-order valence-electron chi connectivity index (χ3n) is 0.500. The quantitative estimate of drug-likeness (QED) is 0.339. The second-order valence-electron chi connectivity index (χ2n) is 0.862. The molecule has 0 heterocycles. The Morgan fingerprint density at radius 1 is 0.889 bits per heavy atom. The zero-order chi connectivity index (χ0) is 5.70. The molecule has 0 aromatic carbocycles. The molecule has 0 radical (unpaired) electrons. The van der Waals surface area contributed by atoms with Crippen molar-refractivity contribution in [1.29, 1.82) is 0 Å². The van der Waals surface area contributed by atoms with Gasteiger partial charge in [-0.1, -0.05) is 0 Å². The molecule has 6 heteroatoms. The Morgan fingerprint density at radius 3 is 1.11 bits per heavy atom. The van der Waals surface area contributed by atoms with E-state index in [4.69, 9.17) is 13.6 Å². The molecular formula is C3H10CuIO3P+. The molecule has 0 amide bonds. The molecule has 0 aliphatic heterocycles. The van der Waals surface area contributed by atoms with Gasteiger partial charge in [0.15, 0.2) is 0 Å². The minimum absolute atomic E-state index is 0. The van der Waals surface area contributed by atoms with E-state index < -0.39 is 8.60 Å². The van der Waals surface area contributed by atoms with E-state index in [1.165, 1.54) is 0 Å². The van der Waals surface area contributed by atoms with E-state index in [1.807, 2.05) is 0 Å². The van der Waals surface area contributed by atoms with Crippen LogP contribution in [0.5, 0.6) is 0 Å². The summed E-state index contributed by atoms with van der Waals surface area (Å²) in [6.07, 6.45) is 0. The number of rotatable bonds is 3. The summed E-state index contributed by atoms with van der Waals surface area (Å²) in [6.45, 7) is 0. The molecule has 0 rings (SSSR count). The maximum atomic E-state index is 4.71. The van der Waals surface area contributed by atoms with E-state index in [9.17, 15) is 0 Å². The molecule has 0 bridgehead atoms. The van der Waals surface area contributed by atoms with E-state index in [1.54, 1.807) is 21.3 Å². The van der Waals surface area contributed by atoms with Crippen molar-refractivity contribution >= 4 is 8.60 Å². The Hall–Kier alpha value is 1.56. The first-order valence-electron chi connectivity index (χ1n) is 1.84. The van der Waals surface area contributed by atoms with Crippen LogP contribution in [0.4, 0.5) is 0 Å². The number of halogens is 1. The molecule has 0 fully saturated rings. The van der Waals surface area contributed by atoms with E-state index in [0.717, 1.165) is 0 Å². The van der Waals surface area contributed by atoms with E-state index in [-0.39, 0.29) is 41.0 Å². The molecule has 3 nitrogen and oxygen atoms in total. The Bertz CT molecular complexity index is 40.5. The van der Waals surface area contributed by atoms with Gasteiger partial charge in [-0.15, -0.1) is 0 Å². The fraction of sp³-hybridized carbons (Fsp3) is 1.00. The van der Waals surface area contributed by atoms with Crippen molar-refractivity contribution in [3.8, 4) is 0 Å². The Balaban J connectivity index is -0.000000180. The van der Waals surface area contributed by atoms with Crippen molar-refractivity contribution in [3.63, 3.8) is 0 Å². The van der Waals surface area contributed by atoms with Gasteiger partial charge in [0.1, 0.15) is 0 Å². The van der Waals surface area contributed by atoms with Crippen molar-refractivity contribution in [1.82, 2.24) is 0 Å². The zero-order valence-corrected chi connectivity index (χ0v) is 9.50. The second kappa shape index (κ2) is 12.3. The van der Waals surface area contributed by atoms with Gasteiger partial charge in [-0.05, 0) is 0 Å². The Kier molecular flexibility index (Phi) is 23.0. The minimum atomic E-state index is -1.36. The van der Waals surface area contributed by atoms with Gasteiger partial charge in [0.25, 0.3) is 0 Å². The Morgan fingerprint density at radius 2 is 1.11 bits per heavy atom. The molecule has 0 N–H and O–H groups in total. The summed E-state index contributed by atoms with van der Waals surface area (Å²) < 4.78 is 14.1. The summed E-state index contributed by atoms with van der Waals surface area (Å²) in [6, 6.07) is 0. The minimum Gasteiger partial charge on any atom is -1.00 e. The third-order valence-corrected chi connectivity index (χ3v) is 1.50. The van der Waals surface area contributed by atoms with E-state index >= 15 is 0 Å². The van der Waals surface area contributed by atoms with Crippen molar-refractivity contribution in [2.45, 2.75) is 0 Å². The second-order valence-corrected chi connectivity index (χ2v) is 2.59. The first kappa shape index (κ1) is 16.9. The Labute approximate surface area is 84.3 Å². The van der Waals surface area contributed by atoms with Crippen LogP contribution in [0.1, 0.15) is 0 Å². The molecule has 0 aromatic rings. The van der Waals surface area contributed by atoms with Crippen LogP contribution in [0.15, 0.2) is 0 Å². The van der Waals surface area contributed by atoms with Gasteiger partial charge in [-0.2, -0.15) is 13.6 Å². The summed E-state index contributed by atoms with van der Waals surface area (Å²) in [5, 5.41) is 0. The number of hydrogen-bond acceptors (Lipinski definition) is 3. The molecule has 62 valence electrons. The molecular weight excluding hydrogens is 305 g/mol. The van der Waals surface area contributed by atoms with Gasteiger partial charge in [0.05, 0.1) is 21.3 Å². The van der Waals surface area contributed by atoms with E-state index in [2.05, 4.69) is 0 Å². The van der Waals surface area contributed by atoms with Crippen LogP contribution in [-0.2, 0) is 30.6 Å². The molecule has 0 unspecified atom stereocenters. The fourth-order valence-electron chi connectivity index (χ4n) is 0.250. The average Bonchev–Trinajstić information content (AvgIpc) is 1.72. The normalized spacial score (nSPS) is 8.00. The average molecular weight is 316 g/mol. The monoisotopic (exact) mass is 315 g/mol. The van der Waals surface area contributed by atoms with Gasteiger partial charge >= 0.3 is 25.7 Å². The van der Waals surface area contributed by atoms with Gasteiger partial charge in [0.2, 0.25) is 0 Å². The summed E-state index contributed by atoms with van der Waals surface area (Å²) in [4.78, 5) is 0. The first-order chi connectivity index (χ1) is 3.35. The van der Waals surface area contributed by atoms with Gasteiger partial charge in [-0.25, -0.2) is 0 Å². The van der Waals surface area contributed by atoms with Gasteiger partial charge < -0.3 is 24.0 Å². The molecule has 0 aliphatic carbocycles. The van der Waals surface area contributed by atoms with E-state index in [0.29, 0.717) is 0 Å². The van der Waals surface area contributed by atoms with Crippen molar-refractivity contribution in [2.75, 3.05) is 21.3 Å². The van der Waals surface area contributed by atoms with Gasteiger partial charge in [-0.3, -0.25) is 0 Å². The molecule has 9 heavy (non-hydrogen) atoms. The van der Waals surface area contributed by atoms with Crippen LogP contribution < -0.4 is 24.0 Å². The van der Waals surface area contributed by atoms with Crippen LogP contribution in [0, 0.1) is 0 Å². The van der Waals surface area contributed by atoms with Crippen LogP contribution in [0.3, 0.4) is 0 Å². The topological polar surface area (TPSA) is 27.7 Å². The predicted molar refractivity (Wildman–Crippen MR) is 29.3 cm³/mol. The molecule has 0 aromatic heterocycles. The molecule has 0 saturated carbocycles. The zero-order valence-electron chi connectivity index (χ0n) is 5.40. The van der Waals surface area contributed by atoms with Gasteiger partial charge in [0, 0.05) is 0 Å². The SMILES string of the molecule is CO[PH+](OC)OC.[Cu+].[I-]. The number of hydrogen-bond donors (Lipinski definition) is 0. The first-order valence-corrected chi connectivity index (χ1v) is 3.06. The fourth-order valence-corrected chi connectivity index (χ4v) is 0.750. The molecule has 0 saturated heterocycles. The van der Waals surface area contributed by atoms with Crippen LogP contribution in [-0.4, -0.2) is 21.3 Å². The smallest absolute Gasteiger partial charge is 1.00 e. The summed E-state index contributed by atoms with van der Waals surface area (Å²) >= 11 is 0. The predicted octanol–water partition coefficient (Wildman–Crippen LogP) is -2.11. The van der Waals surface area contributed by atoms with Crippen LogP contribution in [0.25, 0.3) is 0 Å². The third kappa shape index (κ3) is 9.56. The van der Waals surface area contributed by atoms with Crippen molar-refractivity contribution in [2.24, 2.45) is 0 Å². The van der Waals surface area contributed by atoms with Crippen LogP contribution >= 0.6 is 8.60 Å². The molecule has 0 spiro atoms. The maximum Gasteiger partial charge on any atom is 1.00 e. The maximum absolute atomic E-state index is 4.71. The molecule has 0 atom stereocenters. The van der Waals surface area contributed by atoms with Crippen molar-refractivity contribution < 1.29 is 54.6 Å². The molecule has 0 aliphatic rings. The van der Waals surface area contributed by atoms with Crippen LogP contribution in [0.2, 0.25) is 0 Å². The summed E-state index contributed by atoms with van der Waals surface area (Å²) in [5.74, 6) is 0.